The monoisotopic (exact) mass is 488 g/mol. The highest BCUT2D eigenvalue weighted by Crippen LogP contribution is 2.39. The minimum absolute atomic E-state index is 0.158. The standard InChI is InChI=1S/C24H25BrO6/c1-6-29-23(27)21-16-11-20(17(25)12-19(16)31-22(21)24(2,3)4)30-13-18(26)14-7-9-15(28-5)10-8-14/h7-12H,6,13H2,1-5H3. The summed E-state index contributed by atoms with van der Waals surface area (Å²) in [5.74, 6) is 1.02. The van der Waals surface area contributed by atoms with Crippen molar-refractivity contribution in [2.24, 2.45) is 0 Å². The first kappa shape index (κ1) is 22.9. The number of methoxy groups -OCH3 is 1. The van der Waals surface area contributed by atoms with E-state index in [-0.39, 0.29) is 19.0 Å². The highest BCUT2D eigenvalue weighted by atomic mass is 79.9. The number of rotatable bonds is 7. The fourth-order valence-electron chi connectivity index (χ4n) is 3.15. The van der Waals surface area contributed by atoms with Gasteiger partial charge in [0.2, 0.25) is 0 Å². The van der Waals surface area contributed by atoms with Gasteiger partial charge < -0.3 is 18.6 Å². The molecule has 1 heterocycles. The molecule has 7 heteroatoms. The summed E-state index contributed by atoms with van der Waals surface area (Å²) in [6.07, 6.45) is 0. The molecule has 0 spiro atoms. The Labute approximate surface area is 189 Å². The van der Waals surface area contributed by atoms with Gasteiger partial charge in [0.1, 0.15) is 28.4 Å². The zero-order valence-corrected chi connectivity index (χ0v) is 19.8. The quantitative estimate of drug-likeness (QED) is 0.302. The number of halogens is 1. The molecule has 2 aromatic carbocycles. The van der Waals surface area contributed by atoms with Crippen LogP contribution >= 0.6 is 15.9 Å². The predicted molar refractivity (Wildman–Crippen MR) is 121 cm³/mol. The van der Waals surface area contributed by atoms with Crippen LogP contribution in [0.2, 0.25) is 0 Å². The van der Waals surface area contributed by atoms with Gasteiger partial charge in [-0.05, 0) is 59.3 Å². The van der Waals surface area contributed by atoms with E-state index in [0.717, 1.165) is 0 Å². The average molecular weight is 489 g/mol. The van der Waals surface area contributed by atoms with Crippen molar-refractivity contribution in [2.45, 2.75) is 33.1 Å². The second kappa shape index (κ2) is 9.14. The largest absolute Gasteiger partial charge is 0.497 e. The minimum atomic E-state index is -0.450. The van der Waals surface area contributed by atoms with Crippen molar-refractivity contribution < 1.29 is 28.2 Å². The minimum Gasteiger partial charge on any atom is -0.497 e. The van der Waals surface area contributed by atoms with Gasteiger partial charge in [0.05, 0.1) is 18.2 Å². The summed E-state index contributed by atoms with van der Waals surface area (Å²) < 4.78 is 22.8. The number of ether oxygens (including phenoxy) is 3. The Balaban J connectivity index is 1.93. The number of esters is 1. The molecular weight excluding hydrogens is 464 g/mol. The third-order valence-electron chi connectivity index (χ3n) is 4.67. The van der Waals surface area contributed by atoms with Gasteiger partial charge in [0.15, 0.2) is 12.4 Å². The number of furan rings is 1. The molecule has 6 nitrogen and oxygen atoms in total. The van der Waals surface area contributed by atoms with E-state index in [1.165, 1.54) is 0 Å². The zero-order valence-electron chi connectivity index (χ0n) is 18.2. The molecule has 0 atom stereocenters. The molecule has 0 aliphatic heterocycles. The number of hydrogen-bond acceptors (Lipinski definition) is 6. The summed E-state index contributed by atoms with van der Waals surface area (Å²) in [5, 5.41) is 0.582. The van der Waals surface area contributed by atoms with Gasteiger partial charge in [0.25, 0.3) is 0 Å². The summed E-state index contributed by atoms with van der Waals surface area (Å²) in [4.78, 5) is 25.2. The normalized spacial score (nSPS) is 11.4. The predicted octanol–water partition coefficient (Wildman–Crippen LogP) is 5.94. The third-order valence-corrected chi connectivity index (χ3v) is 5.29. The van der Waals surface area contributed by atoms with Crippen molar-refractivity contribution >= 4 is 38.7 Å². The van der Waals surface area contributed by atoms with Crippen LogP contribution in [0.1, 0.15) is 54.2 Å². The smallest absolute Gasteiger partial charge is 0.342 e. The van der Waals surface area contributed by atoms with Crippen molar-refractivity contribution in [1.29, 1.82) is 0 Å². The van der Waals surface area contributed by atoms with E-state index in [9.17, 15) is 9.59 Å². The van der Waals surface area contributed by atoms with Crippen LogP contribution in [-0.2, 0) is 10.2 Å². The van der Waals surface area contributed by atoms with E-state index in [1.807, 2.05) is 20.8 Å². The van der Waals surface area contributed by atoms with Gasteiger partial charge >= 0.3 is 5.97 Å². The highest BCUT2D eigenvalue weighted by molar-refractivity contribution is 9.10. The second-order valence-corrected chi connectivity index (χ2v) is 8.85. The number of hydrogen-bond donors (Lipinski definition) is 0. The van der Waals surface area contributed by atoms with E-state index in [1.54, 1.807) is 50.4 Å². The van der Waals surface area contributed by atoms with Crippen LogP contribution in [0.3, 0.4) is 0 Å². The number of ketones is 1. The van der Waals surface area contributed by atoms with E-state index in [2.05, 4.69) is 15.9 Å². The van der Waals surface area contributed by atoms with Crippen molar-refractivity contribution in [1.82, 2.24) is 0 Å². The van der Waals surface area contributed by atoms with E-state index >= 15 is 0 Å². The maximum atomic E-state index is 12.7. The second-order valence-electron chi connectivity index (χ2n) is 8.00. The number of carbonyl (C=O) groups is 2. The van der Waals surface area contributed by atoms with E-state index in [4.69, 9.17) is 18.6 Å². The first-order valence-electron chi connectivity index (χ1n) is 9.89. The van der Waals surface area contributed by atoms with Crippen molar-refractivity contribution in [3.63, 3.8) is 0 Å². The fourth-order valence-corrected chi connectivity index (χ4v) is 3.58. The molecule has 0 aliphatic carbocycles. The number of benzene rings is 2. The highest BCUT2D eigenvalue weighted by Gasteiger charge is 2.30. The Morgan fingerprint density at radius 3 is 2.35 bits per heavy atom. The molecule has 31 heavy (non-hydrogen) atoms. The lowest BCUT2D eigenvalue weighted by atomic mass is 9.89. The average Bonchev–Trinajstić information content (AvgIpc) is 3.10. The summed E-state index contributed by atoms with van der Waals surface area (Å²) >= 11 is 3.47. The van der Waals surface area contributed by atoms with Crippen LogP contribution in [0.25, 0.3) is 11.0 Å². The maximum Gasteiger partial charge on any atom is 0.342 e. The van der Waals surface area contributed by atoms with Gasteiger partial charge in [-0.1, -0.05) is 20.8 Å². The Hall–Kier alpha value is -2.80. The molecule has 0 aliphatic rings. The van der Waals surface area contributed by atoms with Crippen molar-refractivity contribution in [3.8, 4) is 11.5 Å². The molecule has 0 saturated heterocycles. The number of Topliss-reactive ketones (excluding diaryl/α,β-unsaturated/α-hetero) is 1. The van der Waals surface area contributed by atoms with Gasteiger partial charge in [-0.25, -0.2) is 4.79 Å². The molecule has 1 aromatic heterocycles. The molecular formula is C24H25BrO6. The van der Waals surface area contributed by atoms with E-state index < -0.39 is 11.4 Å². The summed E-state index contributed by atoms with van der Waals surface area (Å²) in [6.45, 7) is 7.75. The molecule has 0 unspecified atom stereocenters. The van der Waals surface area contributed by atoms with Crippen molar-refractivity contribution in [2.75, 3.05) is 20.3 Å². The molecule has 0 N–H and O–H groups in total. The van der Waals surface area contributed by atoms with Crippen LogP contribution in [0.4, 0.5) is 0 Å². The van der Waals surface area contributed by atoms with Crippen LogP contribution in [0.5, 0.6) is 11.5 Å². The topological polar surface area (TPSA) is 75.0 Å². The Kier molecular flexibility index (Phi) is 6.74. The van der Waals surface area contributed by atoms with Crippen LogP contribution < -0.4 is 9.47 Å². The zero-order chi connectivity index (χ0) is 22.8. The lowest BCUT2D eigenvalue weighted by molar-refractivity contribution is 0.0523. The Bertz CT molecular complexity index is 1110. The molecule has 0 amide bonds. The third kappa shape index (κ3) is 4.93. The molecule has 0 fully saturated rings. The lowest BCUT2D eigenvalue weighted by Crippen LogP contribution is -2.16. The van der Waals surface area contributed by atoms with Crippen LogP contribution in [0.15, 0.2) is 45.3 Å². The Morgan fingerprint density at radius 1 is 1.10 bits per heavy atom. The first-order valence-corrected chi connectivity index (χ1v) is 10.7. The first-order chi connectivity index (χ1) is 14.7. The number of carbonyl (C=O) groups excluding carboxylic acids is 2. The van der Waals surface area contributed by atoms with Crippen molar-refractivity contribution in [3.05, 3.63) is 57.8 Å². The number of fused-ring (bicyclic) bond motifs is 1. The van der Waals surface area contributed by atoms with Gasteiger partial charge in [0, 0.05) is 16.4 Å². The summed E-state index contributed by atoms with van der Waals surface area (Å²) in [7, 11) is 1.57. The molecule has 164 valence electrons. The van der Waals surface area contributed by atoms with Gasteiger partial charge in [-0.2, -0.15) is 0 Å². The van der Waals surface area contributed by atoms with Gasteiger partial charge in [-0.15, -0.1) is 0 Å². The molecule has 0 bridgehead atoms. The molecule has 0 saturated carbocycles. The maximum absolute atomic E-state index is 12.7. The SMILES string of the molecule is CCOC(=O)c1c(C(C)(C)C)oc2cc(Br)c(OCC(=O)c3ccc(OC)cc3)cc12. The van der Waals surface area contributed by atoms with Gasteiger partial charge in [-0.3, -0.25) is 4.79 Å². The molecule has 0 radical (unpaired) electrons. The molecule has 3 aromatic rings. The van der Waals surface area contributed by atoms with Crippen LogP contribution in [-0.4, -0.2) is 32.1 Å². The summed E-state index contributed by atoms with van der Waals surface area (Å²) in [5.41, 5.74) is 1.03. The summed E-state index contributed by atoms with van der Waals surface area (Å²) in [6, 6.07) is 10.3. The molecule has 3 rings (SSSR count). The fraction of sp³-hybridized carbons (Fsp3) is 0.333. The van der Waals surface area contributed by atoms with Crippen LogP contribution in [0, 0.1) is 0 Å². The van der Waals surface area contributed by atoms with E-state index in [0.29, 0.717) is 43.8 Å². The lowest BCUT2D eigenvalue weighted by Gasteiger charge is -2.16. The Morgan fingerprint density at radius 2 is 1.77 bits per heavy atom.